The molecule has 1 saturated heterocycles. The number of hydrogen-bond donors (Lipinski definition) is 1. The van der Waals surface area contributed by atoms with Gasteiger partial charge in [-0.05, 0) is 48.5 Å². The highest BCUT2D eigenvalue weighted by atomic mass is 16.5. The number of ether oxygens (including phenoxy) is 3. The van der Waals surface area contributed by atoms with Gasteiger partial charge in [0.05, 0.1) is 12.8 Å². The molecule has 0 saturated carbocycles. The van der Waals surface area contributed by atoms with Crippen molar-refractivity contribution in [3.05, 3.63) is 78.9 Å². The molecule has 8 heteroatoms. The number of amides is 2. The number of methoxy groups -OCH3 is 1. The van der Waals surface area contributed by atoms with Crippen LogP contribution in [0.4, 0.5) is 11.4 Å². The Hall–Kier alpha value is -4.04. The summed E-state index contributed by atoms with van der Waals surface area (Å²) in [6.07, 6.45) is 0. The highest BCUT2D eigenvalue weighted by Gasteiger charge is 2.23. The van der Waals surface area contributed by atoms with E-state index in [1.165, 1.54) is 0 Å². The first-order valence-electron chi connectivity index (χ1n) is 11.5. The summed E-state index contributed by atoms with van der Waals surface area (Å²) >= 11 is 0. The van der Waals surface area contributed by atoms with Gasteiger partial charge in [0.2, 0.25) is 11.8 Å². The molecule has 1 N–H and O–H groups in total. The second kappa shape index (κ2) is 11.9. The van der Waals surface area contributed by atoms with Crippen LogP contribution in [0.2, 0.25) is 0 Å². The smallest absolute Gasteiger partial charge is 0.250 e. The van der Waals surface area contributed by atoms with Gasteiger partial charge < -0.3 is 29.3 Å². The number of piperazine rings is 1. The second-order valence-corrected chi connectivity index (χ2v) is 8.02. The standard InChI is InChI=1S/C27H29N3O5/c1-33-25-10-6-5-9-24(25)29-15-17-30(18-16-29)27(32)20-34-19-26(31)28-21-11-13-23(14-12-21)35-22-7-3-2-4-8-22/h2-14H,15-20H2,1H3,(H,28,31). The SMILES string of the molecule is COc1ccccc1N1CCN(C(=O)COCC(=O)Nc2ccc(Oc3ccccc3)cc2)CC1. The van der Waals surface area contributed by atoms with Crippen LogP contribution in [0.5, 0.6) is 17.2 Å². The lowest BCUT2D eigenvalue weighted by atomic mass is 10.2. The number of para-hydroxylation sites is 3. The molecule has 182 valence electrons. The third-order valence-corrected chi connectivity index (χ3v) is 5.63. The van der Waals surface area contributed by atoms with Crippen LogP contribution in [0.15, 0.2) is 78.9 Å². The van der Waals surface area contributed by atoms with Crippen molar-refractivity contribution in [2.45, 2.75) is 0 Å². The quantitative estimate of drug-likeness (QED) is 0.507. The van der Waals surface area contributed by atoms with Gasteiger partial charge in [-0.3, -0.25) is 9.59 Å². The Balaban J connectivity index is 1.16. The summed E-state index contributed by atoms with van der Waals surface area (Å²) in [5.74, 6) is 1.78. The van der Waals surface area contributed by atoms with Crippen LogP contribution in [-0.4, -0.2) is 63.2 Å². The molecule has 0 bridgehead atoms. The van der Waals surface area contributed by atoms with Gasteiger partial charge >= 0.3 is 0 Å². The lowest BCUT2D eigenvalue weighted by Crippen LogP contribution is -2.50. The van der Waals surface area contributed by atoms with Crippen LogP contribution in [0.25, 0.3) is 0 Å². The average molecular weight is 476 g/mol. The number of nitrogens with one attached hydrogen (secondary N) is 1. The van der Waals surface area contributed by atoms with E-state index in [1.54, 1.807) is 36.3 Å². The fourth-order valence-corrected chi connectivity index (χ4v) is 3.84. The molecule has 3 aromatic rings. The maximum atomic E-state index is 12.5. The topological polar surface area (TPSA) is 80.3 Å². The average Bonchev–Trinajstić information content (AvgIpc) is 2.90. The van der Waals surface area contributed by atoms with Crippen molar-refractivity contribution in [3.63, 3.8) is 0 Å². The second-order valence-electron chi connectivity index (χ2n) is 8.02. The first-order chi connectivity index (χ1) is 17.1. The molecule has 1 aliphatic rings. The molecule has 3 aromatic carbocycles. The Morgan fingerprint density at radius 2 is 1.46 bits per heavy atom. The predicted octanol–water partition coefficient (Wildman–Crippen LogP) is 3.79. The summed E-state index contributed by atoms with van der Waals surface area (Å²) < 4.78 is 16.5. The Labute approximate surface area is 205 Å². The van der Waals surface area contributed by atoms with E-state index in [2.05, 4.69) is 10.2 Å². The molecule has 2 amide bonds. The zero-order valence-corrected chi connectivity index (χ0v) is 19.7. The van der Waals surface area contributed by atoms with Crippen molar-refractivity contribution in [2.24, 2.45) is 0 Å². The minimum absolute atomic E-state index is 0.125. The Bertz CT molecular complexity index is 1110. The van der Waals surface area contributed by atoms with Crippen LogP contribution in [0.3, 0.4) is 0 Å². The van der Waals surface area contributed by atoms with E-state index in [0.717, 1.165) is 17.2 Å². The van der Waals surface area contributed by atoms with E-state index in [9.17, 15) is 9.59 Å². The number of anilines is 2. The number of nitrogens with zero attached hydrogens (tertiary/aromatic N) is 2. The molecule has 8 nitrogen and oxygen atoms in total. The molecule has 1 fully saturated rings. The van der Waals surface area contributed by atoms with Crippen molar-refractivity contribution in [1.29, 1.82) is 0 Å². The van der Waals surface area contributed by atoms with E-state index in [1.807, 2.05) is 54.6 Å². The largest absolute Gasteiger partial charge is 0.495 e. The molecule has 0 aliphatic carbocycles. The molecule has 1 heterocycles. The fraction of sp³-hybridized carbons (Fsp3) is 0.259. The van der Waals surface area contributed by atoms with E-state index >= 15 is 0 Å². The molecule has 0 spiro atoms. The van der Waals surface area contributed by atoms with Crippen LogP contribution in [0, 0.1) is 0 Å². The van der Waals surface area contributed by atoms with E-state index in [0.29, 0.717) is 37.6 Å². The maximum absolute atomic E-state index is 12.5. The van der Waals surface area contributed by atoms with Crippen molar-refractivity contribution in [1.82, 2.24) is 4.90 Å². The molecule has 0 unspecified atom stereocenters. The molecule has 35 heavy (non-hydrogen) atoms. The van der Waals surface area contributed by atoms with E-state index < -0.39 is 0 Å². The Kier molecular flexibility index (Phi) is 8.19. The van der Waals surface area contributed by atoms with Crippen molar-refractivity contribution in [3.8, 4) is 17.2 Å². The van der Waals surface area contributed by atoms with Crippen LogP contribution in [0.1, 0.15) is 0 Å². The predicted molar refractivity (Wildman–Crippen MR) is 134 cm³/mol. The van der Waals surface area contributed by atoms with E-state index in [-0.39, 0.29) is 25.0 Å². The molecular formula is C27H29N3O5. The highest BCUT2D eigenvalue weighted by molar-refractivity contribution is 5.92. The van der Waals surface area contributed by atoms with Gasteiger partial charge in [-0.2, -0.15) is 0 Å². The number of benzene rings is 3. The van der Waals surface area contributed by atoms with Gasteiger partial charge in [0.25, 0.3) is 0 Å². The fourth-order valence-electron chi connectivity index (χ4n) is 3.84. The lowest BCUT2D eigenvalue weighted by molar-refractivity contribution is -0.137. The van der Waals surface area contributed by atoms with Gasteiger partial charge in [0.15, 0.2) is 0 Å². The van der Waals surface area contributed by atoms with Gasteiger partial charge in [-0.15, -0.1) is 0 Å². The Morgan fingerprint density at radius 1 is 0.800 bits per heavy atom. The molecule has 0 radical (unpaired) electrons. The zero-order valence-electron chi connectivity index (χ0n) is 19.7. The minimum atomic E-state index is -0.324. The van der Waals surface area contributed by atoms with Crippen LogP contribution < -0.4 is 19.7 Å². The monoisotopic (exact) mass is 475 g/mol. The summed E-state index contributed by atoms with van der Waals surface area (Å²) in [6, 6.07) is 24.4. The third kappa shape index (κ3) is 6.74. The van der Waals surface area contributed by atoms with Crippen molar-refractivity contribution in [2.75, 3.05) is 56.7 Å². The van der Waals surface area contributed by atoms with Crippen LogP contribution >= 0.6 is 0 Å². The van der Waals surface area contributed by atoms with Gasteiger partial charge in [0.1, 0.15) is 30.5 Å². The normalized spacial score (nSPS) is 13.3. The number of hydrogen-bond acceptors (Lipinski definition) is 6. The minimum Gasteiger partial charge on any atom is -0.495 e. The summed E-state index contributed by atoms with van der Waals surface area (Å²) in [5, 5.41) is 2.76. The molecule has 1 aliphatic heterocycles. The first kappa shape index (κ1) is 24.1. The summed E-state index contributed by atoms with van der Waals surface area (Å²) in [5.41, 5.74) is 1.65. The van der Waals surface area contributed by atoms with Gasteiger partial charge in [-0.1, -0.05) is 30.3 Å². The zero-order chi connectivity index (χ0) is 24.5. The molecule has 4 rings (SSSR count). The summed E-state index contributed by atoms with van der Waals surface area (Å²) in [4.78, 5) is 28.7. The Morgan fingerprint density at radius 3 is 2.17 bits per heavy atom. The summed E-state index contributed by atoms with van der Waals surface area (Å²) in [7, 11) is 1.65. The van der Waals surface area contributed by atoms with Crippen molar-refractivity contribution >= 4 is 23.2 Å². The van der Waals surface area contributed by atoms with Gasteiger partial charge in [0, 0.05) is 31.9 Å². The molecule has 0 atom stereocenters. The third-order valence-electron chi connectivity index (χ3n) is 5.63. The highest BCUT2D eigenvalue weighted by Crippen LogP contribution is 2.28. The maximum Gasteiger partial charge on any atom is 0.250 e. The molecular weight excluding hydrogens is 446 g/mol. The van der Waals surface area contributed by atoms with Gasteiger partial charge in [-0.25, -0.2) is 0 Å². The number of carbonyl (C=O) groups excluding carboxylic acids is 2. The first-order valence-corrected chi connectivity index (χ1v) is 11.5. The van der Waals surface area contributed by atoms with Crippen molar-refractivity contribution < 1.29 is 23.8 Å². The molecule has 0 aromatic heterocycles. The number of carbonyl (C=O) groups is 2. The van der Waals surface area contributed by atoms with E-state index in [4.69, 9.17) is 14.2 Å². The van der Waals surface area contributed by atoms with Crippen LogP contribution in [-0.2, 0) is 14.3 Å². The summed E-state index contributed by atoms with van der Waals surface area (Å²) in [6.45, 7) is 2.25. The lowest BCUT2D eigenvalue weighted by Gasteiger charge is -2.36. The number of rotatable bonds is 9.